The van der Waals surface area contributed by atoms with E-state index in [0.717, 1.165) is 17.7 Å². The molecule has 2 aromatic carbocycles. The first-order valence-electron chi connectivity index (χ1n) is 5.40. The van der Waals surface area contributed by atoms with E-state index in [9.17, 15) is 13.6 Å². The third kappa shape index (κ3) is 2.53. The molecule has 18 heavy (non-hydrogen) atoms. The molecule has 0 radical (unpaired) electrons. The largest absolute Gasteiger partial charge is 0.322 e. The first kappa shape index (κ1) is 12.2. The summed E-state index contributed by atoms with van der Waals surface area (Å²) in [6.07, 6.45) is 0. The van der Waals surface area contributed by atoms with Crippen LogP contribution in [0.25, 0.3) is 0 Å². The Morgan fingerprint density at radius 2 is 1.78 bits per heavy atom. The van der Waals surface area contributed by atoms with Gasteiger partial charge < -0.3 is 5.32 Å². The fraction of sp³-hybridized carbons (Fsp3) is 0.0714. The number of hydrogen-bond donors (Lipinski definition) is 1. The maximum atomic E-state index is 13.0. The van der Waals surface area contributed by atoms with Crippen LogP contribution in [0.15, 0.2) is 42.5 Å². The molecule has 0 saturated heterocycles. The second-order valence-corrected chi connectivity index (χ2v) is 3.90. The summed E-state index contributed by atoms with van der Waals surface area (Å²) < 4.78 is 25.7. The predicted octanol–water partition coefficient (Wildman–Crippen LogP) is 3.53. The van der Waals surface area contributed by atoms with E-state index in [4.69, 9.17) is 0 Å². The van der Waals surface area contributed by atoms with E-state index in [0.29, 0.717) is 5.56 Å². The Morgan fingerprint density at radius 1 is 1.06 bits per heavy atom. The van der Waals surface area contributed by atoms with E-state index in [1.54, 1.807) is 25.1 Å². The van der Waals surface area contributed by atoms with Crippen molar-refractivity contribution in [3.8, 4) is 0 Å². The summed E-state index contributed by atoms with van der Waals surface area (Å²) in [6.45, 7) is 1.81. The van der Waals surface area contributed by atoms with Crippen LogP contribution in [0.5, 0.6) is 0 Å². The SMILES string of the molecule is Cc1ccccc1C(=O)Nc1ccc(F)c(F)c1. The highest BCUT2D eigenvalue weighted by atomic mass is 19.2. The molecule has 0 spiro atoms. The lowest BCUT2D eigenvalue weighted by Crippen LogP contribution is -2.13. The maximum Gasteiger partial charge on any atom is 0.255 e. The Morgan fingerprint density at radius 3 is 2.44 bits per heavy atom. The minimum atomic E-state index is -0.988. The van der Waals surface area contributed by atoms with Gasteiger partial charge in [-0.05, 0) is 30.7 Å². The second kappa shape index (κ2) is 4.96. The highest BCUT2D eigenvalue weighted by molar-refractivity contribution is 6.05. The van der Waals surface area contributed by atoms with Crippen molar-refractivity contribution in [2.75, 3.05) is 5.32 Å². The van der Waals surface area contributed by atoms with Gasteiger partial charge in [-0.1, -0.05) is 18.2 Å². The molecule has 0 unspecified atom stereocenters. The lowest BCUT2D eigenvalue weighted by molar-refractivity contribution is 0.102. The fourth-order valence-electron chi connectivity index (χ4n) is 1.60. The molecule has 1 N–H and O–H groups in total. The summed E-state index contributed by atoms with van der Waals surface area (Å²) in [7, 11) is 0. The van der Waals surface area contributed by atoms with Gasteiger partial charge in [0.05, 0.1) is 0 Å². The number of carbonyl (C=O) groups is 1. The lowest BCUT2D eigenvalue weighted by atomic mass is 10.1. The summed E-state index contributed by atoms with van der Waals surface area (Å²) >= 11 is 0. The number of nitrogens with one attached hydrogen (secondary N) is 1. The molecule has 0 atom stereocenters. The predicted molar refractivity (Wildman–Crippen MR) is 65.5 cm³/mol. The molecule has 0 saturated carbocycles. The Kier molecular flexibility index (Phi) is 3.37. The highest BCUT2D eigenvalue weighted by Crippen LogP contribution is 2.15. The van der Waals surface area contributed by atoms with Gasteiger partial charge in [0.2, 0.25) is 0 Å². The van der Waals surface area contributed by atoms with Gasteiger partial charge in [0.25, 0.3) is 5.91 Å². The standard InChI is InChI=1S/C14H11F2NO/c1-9-4-2-3-5-11(9)14(18)17-10-6-7-12(15)13(16)8-10/h2-8H,1H3,(H,17,18). The average molecular weight is 247 g/mol. The van der Waals surface area contributed by atoms with E-state index in [-0.39, 0.29) is 11.6 Å². The molecule has 0 aliphatic carbocycles. The fourth-order valence-corrected chi connectivity index (χ4v) is 1.60. The van der Waals surface area contributed by atoms with Crippen LogP contribution in [0.1, 0.15) is 15.9 Å². The minimum Gasteiger partial charge on any atom is -0.322 e. The van der Waals surface area contributed by atoms with Gasteiger partial charge in [0.15, 0.2) is 11.6 Å². The number of carbonyl (C=O) groups excluding carboxylic acids is 1. The molecule has 0 bridgehead atoms. The molecule has 4 heteroatoms. The van der Waals surface area contributed by atoms with Crippen molar-refractivity contribution in [3.05, 3.63) is 65.2 Å². The van der Waals surface area contributed by atoms with Crippen LogP contribution in [-0.2, 0) is 0 Å². The summed E-state index contributed by atoms with van der Waals surface area (Å²) in [5, 5.41) is 2.52. The Bertz CT molecular complexity index is 596. The molecule has 0 aromatic heterocycles. The van der Waals surface area contributed by atoms with Gasteiger partial charge >= 0.3 is 0 Å². The average Bonchev–Trinajstić information content (AvgIpc) is 2.34. The van der Waals surface area contributed by atoms with Crippen molar-refractivity contribution in [1.29, 1.82) is 0 Å². The van der Waals surface area contributed by atoms with Crippen LogP contribution in [0.3, 0.4) is 0 Å². The molecule has 1 amide bonds. The third-order valence-electron chi connectivity index (χ3n) is 2.57. The monoisotopic (exact) mass is 247 g/mol. The minimum absolute atomic E-state index is 0.224. The number of rotatable bonds is 2. The van der Waals surface area contributed by atoms with Crippen molar-refractivity contribution in [1.82, 2.24) is 0 Å². The number of halogens is 2. The zero-order valence-corrected chi connectivity index (χ0v) is 9.71. The normalized spacial score (nSPS) is 10.2. The summed E-state index contributed by atoms with van der Waals surface area (Å²) in [4.78, 5) is 11.9. The van der Waals surface area contributed by atoms with Crippen LogP contribution in [0.4, 0.5) is 14.5 Å². The zero-order valence-electron chi connectivity index (χ0n) is 9.71. The topological polar surface area (TPSA) is 29.1 Å². The van der Waals surface area contributed by atoms with Crippen LogP contribution < -0.4 is 5.32 Å². The van der Waals surface area contributed by atoms with Crippen LogP contribution >= 0.6 is 0 Å². The molecular formula is C14H11F2NO. The van der Waals surface area contributed by atoms with Crippen molar-refractivity contribution in [2.24, 2.45) is 0 Å². The van der Waals surface area contributed by atoms with E-state index < -0.39 is 11.6 Å². The van der Waals surface area contributed by atoms with E-state index in [1.165, 1.54) is 6.07 Å². The van der Waals surface area contributed by atoms with E-state index >= 15 is 0 Å². The van der Waals surface area contributed by atoms with Crippen LogP contribution in [-0.4, -0.2) is 5.91 Å². The van der Waals surface area contributed by atoms with Crippen molar-refractivity contribution in [3.63, 3.8) is 0 Å². The van der Waals surface area contributed by atoms with Crippen molar-refractivity contribution < 1.29 is 13.6 Å². The molecule has 2 aromatic rings. The van der Waals surface area contributed by atoms with Gasteiger partial charge in [-0.15, -0.1) is 0 Å². The van der Waals surface area contributed by atoms with Crippen molar-refractivity contribution >= 4 is 11.6 Å². The van der Waals surface area contributed by atoms with Gasteiger partial charge in [-0.3, -0.25) is 4.79 Å². The summed E-state index contributed by atoms with van der Waals surface area (Å²) in [5.74, 6) is -2.28. The lowest BCUT2D eigenvalue weighted by Gasteiger charge is -2.07. The molecule has 0 aliphatic heterocycles. The molecule has 2 rings (SSSR count). The highest BCUT2D eigenvalue weighted by Gasteiger charge is 2.09. The maximum absolute atomic E-state index is 13.0. The first-order valence-corrected chi connectivity index (χ1v) is 5.40. The third-order valence-corrected chi connectivity index (χ3v) is 2.57. The summed E-state index contributed by atoms with van der Waals surface area (Å²) in [6, 6.07) is 10.3. The molecule has 92 valence electrons. The second-order valence-electron chi connectivity index (χ2n) is 3.90. The Labute approximate surface area is 103 Å². The zero-order chi connectivity index (χ0) is 13.1. The van der Waals surface area contributed by atoms with Gasteiger partial charge in [-0.2, -0.15) is 0 Å². The summed E-state index contributed by atoms with van der Waals surface area (Å²) in [5.41, 5.74) is 1.54. The number of aryl methyl sites for hydroxylation is 1. The Hall–Kier alpha value is -2.23. The molecule has 0 aliphatic rings. The molecule has 2 nitrogen and oxygen atoms in total. The van der Waals surface area contributed by atoms with Gasteiger partial charge in [-0.25, -0.2) is 8.78 Å². The molecular weight excluding hydrogens is 236 g/mol. The van der Waals surface area contributed by atoms with E-state index in [2.05, 4.69) is 5.32 Å². The number of benzene rings is 2. The molecule has 0 fully saturated rings. The van der Waals surface area contributed by atoms with Gasteiger partial charge in [0, 0.05) is 17.3 Å². The van der Waals surface area contributed by atoms with Crippen LogP contribution in [0.2, 0.25) is 0 Å². The quantitative estimate of drug-likeness (QED) is 0.864. The smallest absolute Gasteiger partial charge is 0.255 e. The number of anilines is 1. The number of hydrogen-bond acceptors (Lipinski definition) is 1. The Balaban J connectivity index is 2.22. The molecule has 0 heterocycles. The van der Waals surface area contributed by atoms with Crippen molar-refractivity contribution in [2.45, 2.75) is 6.92 Å². The van der Waals surface area contributed by atoms with E-state index in [1.807, 2.05) is 6.07 Å². The van der Waals surface area contributed by atoms with Gasteiger partial charge in [0.1, 0.15) is 0 Å². The first-order chi connectivity index (χ1) is 8.58. The van der Waals surface area contributed by atoms with Crippen LogP contribution in [0, 0.1) is 18.6 Å². The number of amides is 1.